The number of fused-ring (bicyclic) bond motifs is 1. The van der Waals surface area contributed by atoms with Crippen LogP contribution >= 0.6 is 0 Å². The zero-order chi connectivity index (χ0) is 23.9. The molecule has 0 atom stereocenters. The van der Waals surface area contributed by atoms with Gasteiger partial charge in [0.05, 0.1) is 16.0 Å². The third kappa shape index (κ3) is 4.38. The van der Waals surface area contributed by atoms with E-state index in [1.807, 2.05) is 19.9 Å². The van der Waals surface area contributed by atoms with Crippen LogP contribution < -0.4 is 15.8 Å². The molecule has 4 rings (SSSR count). The summed E-state index contributed by atoms with van der Waals surface area (Å²) >= 11 is 0. The van der Waals surface area contributed by atoms with Gasteiger partial charge in [-0.1, -0.05) is 0 Å². The van der Waals surface area contributed by atoms with Crippen LogP contribution in [0.4, 0.5) is 11.4 Å². The lowest BCUT2D eigenvalue weighted by Crippen LogP contribution is -2.25. The van der Waals surface area contributed by atoms with E-state index in [1.54, 1.807) is 18.2 Å². The largest absolute Gasteiger partial charge is 0.371 e. The number of benzene rings is 2. The van der Waals surface area contributed by atoms with E-state index in [0.29, 0.717) is 11.3 Å². The number of pyridine rings is 1. The van der Waals surface area contributed by atoms with Gasteiger partial charge in [0, 0.05) is 50.0 Å². The van der Waals surface area contributed by atoms with E-state index < -0.39 is 10.0 Å². The molecule has 0 aliphatic carbocycles. The number of nitrogens with zero attached hydrogens (tertiary/aromatic N) is 2. The monoisotopic (exact) mass is 468 g/mol. The number of rotatable bonds is 5. The van der Waals surface area contributed by atoms with Gasteiger partial charge in [-0.3, -0.25) is 9.59 Å². The molecule has 0 unspecified atom stereocenters. The fourth-order valence-corrected chi connectivity index (χ4v) is 5.20. The molecule has 0 spiro atoms. The highest BCUT2D eigenvalue weighted by Gasteiger charge is 2.25. The summed E-state index contributed by atoms with van der Waals surface area (Å²) in [5, 5.41) is 3.78. The number of amides is 1. The SMILES string of the molecule is Cc1cc(=O)[nH]c2c(C)cc(NC(=O)c3cc(S(=O)(=O)N(C)C)ccc3N3CCCC3)cc12. The quantitative estimate of drug-likeness (QED) is 0.598. The third-order valence-corrected chi connectivity index (χ3v) is 7.86. The Bertz CT molecular complexity index is 1400. The molecule has 1 aliphatic heterocycles. The van der Waals surface area contributed by atoms with Crippen LogP contribution in [0.1, 0.15) is 34.3 Å². The van der Waals surface area contributed by atoms with Crippen LogP contribution in [-0.2, 0) is 10.0 Å². The topological polar surface area (TPSA) is 103 Å². The first-order valence-corrected chi connectivity index (χ1v) is 12.3. The van der Waals surface area contributed by atoms with E-state index in [0.717, 1.165) is 58.0 Å². The number of sulfonamides is 1. The number of nitrogens with one attached hydrogen (secondary N) is 2. The van der Waals surface area contributed by atoms with Gasteiger partial charge in [0.25, 0.3) is 5.91 Å². The van der Waals surface area contributed by atoms with Crippen molar-refractivity contribution in [1.82, 2.24) is 9.29 Å². The molecule has 1 aromatic heterocycles. The Kier molecular flexibility index (Phi) is 6.02. The molecule has 0 saturated carbocycles. The van der Waals surface area contributed by atoms with Gasteiger partial charge in [-0.2, -0.15) is 0 Å². The highest BCUT2D eigenvalue weighted by Crippen LogP contribution is 2.30. The molecule has 1 saturated heterocycles. The lowest BCUT2D eigenvalue weighted by atomic mass is 10.0. The molecule has 3 aromatic rings. The average molecular weight is 469 g/mol. The number of hydrogen-bond acceptors (Lipinski definition) is 5. The van der Waals surface area contributed by atoms with Crippen molar-refractivity contribution < 1.29 is 13.2 Å². The first kappa shape index (κ1) is 23.0. The molecule has 8 nitrogen and oxygen atoms in total. The van der Waals surface area contributed by atoms with Gasteiger partial charge < -0.3 is 15.2 Å². The average Bonchev–Trinajstić information content (AvgIpc) is 3.29. The molecule has 1 fully saturated rings. The van der Waals surface area contributed by atoms with Gasteiger partial charge in [0.2, 0.25) is 15.6 Å². The molecular formula is C24H28N4O4S. The second-order valence-corrected chi connectivity index (χ2v) is 10.8. The Morgan fingerprint density at radius 1 is 1.03 bits per heavy atom. The smallest absolute Gasteiger partial charge is 0.257 e. The molecule has 0 radical (unpaired) electrons. The van der Waals surface area contributed by atoms with Crippen molar-refractivity contribution in [3.8, 4) is 0 Å². The lowest BCUT2D eigenvalue weighted by molar-refractivity contribution is 0.102. The molecular weight excluding hydrogens is 440 g/mol. The number of aryl methyl sites for hydroxylation is 2. The molecule has 0 bridgehead atoms. The molecule has 2 aromatic carbocycles. The molecule has 174 valence electrons. The van der Waals surface area contributed by atoms with E-state index in [-0.39, 0.29) is 16.4 Å². The second-order valence-electron chi connectivity index (χ2n) is 8.65. The molecule has 1 aliphatic rings. The van der Waals surface area contributed by atoms with E-state index in [9.17, 15) is 18.0 Å². The number of H-pyrrole nitrogens is 1. The molecule has 2 N–H and O–H groups in total. The predicted molar refractivity (Wildman–Crippen MR) is 131 cm³/mol. The Hall–Kier alpha value is -3.17. The van der Waals surface area contributed by atoms with E-state index >= 15 is 0 Å². The van der Waals surface area contributed by atoms with E-state index in [1.165, 1.54) is 26.2 Å². The predicted octanol–water partition coefficient (Wildman–Crippen LogP) is 3.25. The minimum atomic E-state index is -3.69. The zero-order valence-corrected chi connectivity index (χ0v) is 20.0. The van der Waals surface area contributed by atoms with Crippen molar-refractivity contribution in [1.29, 1.82) is 0 Å². The zero-order valence-electron chi connectivity index (χ0n) is 19.2. The Balaban J connectivity index is 1.77. The summed E-state index contributed by atoms with van der Waals surface area (Å²) in [5.74, 6) is -0.381. The maximum Gasteiger partial charge on any atom is 0.257 e. The fourth-order valence-electron chi connectivity index (χ4n) is 4.27. The van der Waals surface area contributed by atoms with E-state index in [4.69, 9.17) is 0 Å². The number of aromatic nitrogens is 1. The Labute approximate surface area is 193 Å². The van der Waals surface area contributed by atoms with Crippen molar-refractivity contribution in [3.63, 3.8) is 0 Å². The number of carbonyl (C=O) groups excluding carboxylic acids is 1. The molecule has 1 amide bonds. The molecule has 2 heterocycles. The number of carbonyl (C=O) groups is 1. The first-order valence-electron chi connectivity index (χ1n) is 10.8. The number of aromatic amines is 1. The highest BCUT2D eigenvalue weighted by molar-refractivity contribution is 7.89. The minimum absolute atomic E-state index is 0.0729. The van der Waals surface area contributed by atoms with Gasteiger partial charge in [-0.15, -0.1) is 0 Å². The highest BCUT2D eigenvalue weighted by atomic mass is 32.2. The summed E-state index contributed by atoms with van der Waals surface area (Å²) in [6.07, 6.45) is 2.06. The third-order valence-electron chi connectivity index (χ3n) is 6.05. The van der Waals surface area contributed by atoms with Crippen molar-refractivity contribution in [2.75, 3.05) is 37.4 Å². The van der Waals surface area contributed by atoms with Crippen molar-refractivity contribution in [2.45, 2.75) is 31.6 Å². The van der Waals surface area contributed by atoms with Gasteiger partial charge >= 0.3 is 0 Å². The summed E-state index contributed by atoms with van der Waals surface area (Å²) in [7, 11) is -0.758. The first-order chi connectivity index (χ1) is 15.6. The Morgan fingerprint density at radius 3 is 2.39 bits per heavy atom. The molecule has 9 heteroatoms. The van der Waals surface area contributed by atoms with Gasteiger partial charge in [0.1, 0.15) is 0 Å². The summed E-state index contributed by atoms with van der Waals surface area (Å²) in [6, 6.07) is 9.87. The van der Waals surface area contributed by atoms with Crippen LogP contribution in [0, 0.1) is 13.8 Å². The second kappa shape index (κ2) is 8.64. The maximum atomic E-state index is 13.4. The van der Waals surface area contributed by atoms with Crippen molar-refractivity contribution >= 4 is 38.2 Å². The normalized spacial score (nSPS) is 14.3. The number of hydrogen-bond donors (Lipinski definition) is 2. The maximum absolute atomic E-state index is 13.4. The summed E-state index contributed by atoms with van der Waals surface area (Å²) in [6.45, 7) is 5.36. The van der Waals surface area contributed by atoms with Crippen molar-refractivity contribution in [2.24, 2.45) is 0 Å². The lowest BCUT2D eigenvalue weighted by Gasteiger charge is -2.22. The van der Waals surface area contributed by atoms with Gasteiger partial charge in [-0.25, -0.2) is 12.7 Å². The van der Waals surface area contributed by atoms with E-state index in [2.05, 4.69) is 15.2 Å². The van der Waals surface area contributed by atoms with Crippen LogP contribution in [0.2, 0.25) is 0 Å². The fraction of sp³-hybridized carbons (Fsp3) is 0.333. The standard InChI is InChI=1S/C24H28N4O4S/c1-15-12-22(29)26-23-16(2)11-17(13-19(15)23)25-24(30)20-14-18(33(31,32)27(3)4)7-8-21(20)28-9-5-6-10-28/h7-8,11-14H,5-6,9-10H2,1-4H3,(H,25,30)(H,26,29). The minimum Gasteiger partial charge on any atom is -0.371 e. The van der Waals surface area contributed by atoms with Crippen LogP contribution in [0.3, 0.4) is 0 Å². The van der Waals surface area contributed by atoms with Gasteiger partial charge in [0.15, 0.2) is 0 Å². The summed E-state index contributed by atoms with van der Waals surface area (Å²) in [4.78, 5) is 30.3. The van der Waals surface area contributed by atoms with Crippen LogP contribution in [0.15, 0.2) is 46.1 Å². The molecule has 33 heavy (non-hydrogen) atoms. The number of anilines is 2. The van der Waals surface area contributed by atoms with Crippen LogP contribution in [0.5, 0.6) is 0 Å². The Morgan fingerprint density at radius 2 is 1.73 bits per heavy atom. The summed E-state index contributed by atoms with van der Waals surface area (Å²) < 4.78 is 26.5. The van der Waals surface area contributed by atoms with Gasteiger partial charge in [-0.05, 0) is 68.1 Å². The van der Waals surface area contributed by atoms with Crippen LogP contribution in [0.25, 0.3) is 10.9 Å². The van der Waals surface area contributed by atoms with Crippen molar-refractivity contribution in [3.05, 3.63) is 63.4 Å². The van der Waals surface area contributed by atoms with Crippen LogP contribution in [-0.4, -0.2) is 50.8 Å². The summed E-state index contributed by atoms with van der Waals surface area (Å²) in [5.41, 5.74) is 3.81.